The van der Waals surface area contributed by atoms with E-state index in [2.05, 4.69) is 26.6 Å². The number of carboxylic acids is 2. The van der Waals surface area contributed by atoms with Crippen molar-refractivity contribution in [1.29, 1.82) is 0 Å². The number of nitrogens with two attached hydrogens (primary N) is 2. The molecule has 0 radical (unpaired) electrons. The van der Waals surface area contributed by atoms with Gasteiger partial charge < -0.3 is 58.5 Å². The molecular weight excluding hydrogens is 626 g/mol. The standard InChI is InChI=1S/C28H49N7O12/c1-11(2)9-16(32-24(42)17(10-18(30)38)31-23(41)15(29)7-8-19(39)40)25(43)34-21(13(5)36)27(45)33-20(12(3)4)26(44)35-22(14(6)37)28(46)47/h11-17,20-22,36-37H,7-10,29H2,1-6H3,(H2,30,38)(H,31,41)(H,32,42)(H,33,45)(H,34,43)(H,35,44)(H,39,40)(H,46,47)/t13-,14-,15+,16+,17+,20+,21+,22+/m1/s1. The third-order valence-electron chi connectivity index (χ3n) is 6.74. The van der Waals surface area contributed by atoms with E-state index in [9.17, 15) is 53.7 Å². The third kappa shape index (κ3) is 15.7. The van der Waals surface area contributed by atoms with Crippen molar-refractivity contribution in [3.63, 3.8) is 0 Å². The van der Waals surface area contributed by atoms with Crippen molar-refractivity contribution in [2.75, 3.05) is 0 Å². The number of carboxylic acid groups (broad SMARTS) is 2. The molecule has 0 fully saturated rings. The molecule has 6 amide bonds. The van der Waals surface area contributed by atoms with E-state index in [0.717, 1.165) is 6.92 Å². The molecule has 0 aromatic heterocycles. The predicted octanol–water partition coefficient (Wildman–Crippen LogP) is -3.97. The van der Waals surface area contributed by atoms with E-state index < -0.39 is 115 Å². The van der Waals surface area contributed by atoms with Crippen LogP contribution in [0.15, 0.2) is 0 Å². The van der Waals surface area contributed by atoms with E-state index in [4.69, 9.17) is 16.6 Å². The number of carbonyl (C=O) groups excluding carboxylic acids is 6. The molecule has 0 aliphatic rings. The van der Waals surface area contributed by atoms with Crippen LogP contribution in [0.1, 0.15) is 67.2 Å². The number of hydrogen-bond donors (Lipinski definition) is 11. The van der Waals surface area contributed by atoms with Crippen molar-refractivity contribution in [3.05, 3.63) is 0 Å². The fourth-order valence-electron chi connectivity index (χ4n) is 4.14. The summed E-state index contributed by atoms with van der Waals surface area (Å²) in [4.78, 5) is 98.9. The fraction of sp³-hybridized carbons (Fsp3) is 0.714. The van der Waals surface area contributed by atoms with Crippen LogP contribution < -0.4 is 38.1 Å². The van der Waals surface area contributed by atoms with Crippen molar-refractivity contribution < 1.29 is 58.8 Å². The summed E-state index contributed by atoms with van der Waals surface area (Å²) in [5, 5.41) is 49.5. The lowest BCUT2D eigenvalue weighted by Crippen LogP contribution is -2.62. The molecule has 0 aliphatic heterocycles. The highest BCUT2D eigenvalue weighted by molar-refractivity contribution is 5.97. The zero-order valence-corrected chi connectivity index (χ0v) is 27.3. The molecule has 0 saturated carbocycles. The average Bonchev–Trinajstić information content (AvgIpc) is 2.93. The van der Waals surface area contributed by atoms with Crippen molar-refractivity contribution in [2.24, 2.45) is 23.3 Å². The second-order valence-corrected chi connectivity index (χ2v) is 12.0. The highest BCUT2D eigenvalue weighted by Crippen LogP contribution is 2.09. The van der Waals surface area contributed by atoms with Gasteiger partial charge in [-0.05, 0) is 38.5 Å². The van der Waals surface area contributed by atoms with E-state index >= 15 is 0 Å². The van der Waals surface area contributed by atoms with Crippen LogP contribution in [0.25, 0.3) is 0 Å². The fourth-order valence-corrected chi connectivity index (χ4v) is 4.14. The van der Waals surface area contributed by atoms with Crippen LogP contribution in [0.5, 0.6) is 0 Å². The SMILES string of the molecule is CC(C)C[C@H](NC(=O)[C@H](CC(N)=O)NC(=O)[C@@H](N)CCC(=O)O)C(=O)N[C@H](C(=O)N[C@H](C(=O)N[C@H](C(=O)O)[C@@H](C)O)C(C)C)[C@@H](C)O. The molecule has 0 spiro atoms. The van der Waals surface area contributed by atoms with Crippen LogP contribution >= 0.6 is 0 Å². The summed E-state index contributed by atoms with van der Waals surface area (Å²) in [6, 6.07) is -9.03. The number of primary amides is 1. The van der Waals surface area contributed by atoms with Gasteiger partial charge in [0.15, 0.2) is 6.04 Å². The largest absolute Gasteiger partial charge is 0.481 e. The highest BCUT2D eigenvalue weighted by atomic mass is 16.4. The summed E-state index contributed by atoms with van der Waals surface area (Å²) < 4.78 is 0. The normalized spacial score (nSPS) is 16.3. The molecular formula is C28H49N7O12. The molecule has 19 heteroatoms. The number of amides is 6. The molecule has 0 aliphatic carbocycles. The number of hydrogen-bond acceptors (Lipinski definition) is 11. The van der Waals surface area contributed by atoms with Gasteiger partial charge in [-0.3, -0.25) is 33.6 Å². The van der Waals surface area contributed by atoms with Crippen molar-refractivity contribution in [3.8, 4) is 0 Å². The van der Waals surface area contributed by atoms with Crippen LogP contribution in [0, 0.1) is 11.8 Å². The molecule has 0 aromatic rings. The molecule has 8 atom stereocenters. The maximum atomic E-state index is 13.4. The summed E-state index contributed by atoms with van der Waals surface area (Å²) in [7, 11) is 0. The van der Waals surface area contributed by atoms with Gasteiger partial charge in [0, 0.05) is 6.42 Å². The first-order valence-electron chi connectivity index (χ1n) is 14.9. The van der Waals surface area contributed by atoms with Crippen LogP contribution in [-0.2, 0) is 38.4 Å². The summed E-state index contributed by atoms with van der Waals surface area (Å²) >= 11 is 0. The monoisotopic (exact) mass is 675 g/mol. The quantitative estimate of drug-likeness (QED) is 0.0554. The Kier molecular flexibility index (Phi) is 18.1. The van der Waals surface area contributed by atoms with Gasteiger partial charge in [-0.25, -0.2) is 4.79 Å². The van der Waals surface area contributed by atoms with Crippen LogP contribution in [0.3, 0.4) is 0 Å². The van der Waals surface area contributed by atoms with Crippen molar-refractivity contribution in [1.82, 2.24) is 26.6 Å². The summed E-state index contributed by atoms with van der Waals surface area (Å²) in [5.41, 5.74) is 10.9. The maximum absolute atomic E-state index is 13.4. The Balaban J connectivity index is 5.98. The summed E-state index contributed by atoms with van der Waals surface area (Å²) in [5.74, 6) is -9.49. The van der Waals surface area contributed by atoms with Gasteiger partial charge in [0.2, 0.25) is 35.4 Å². The molecule has 0 rings (SSSR count). The molecule has 0 heterocycles. The zero-order chi connectivity index (χ0) is 36.8. The Morgan fingerprint density at radius 1 is 0.617 bits per heavy atom. The lowest BCUT2D eigenvalue weighted by Gasteiger charge is -2.29. The Morgan fingerprint density at radius 2 is 1.06 bits per heavy atom. The molecule has 0 bridgehead atoms. The number of aliphatic hydroxyl groups excluding tert-OH is 2. The smallest absolute Gasteiger partial charge is 0.328 e. The lowest BCUT2D eigenvalue weighted by atomic mass is 10.00. The van der Waals surface area contributed by atoms with E-state index in [1.165, 1.54) is 20.8 Å². The van der Waals surface area contributed by atoms with Gasteiger partial charge in [-0.15, -0.1) is 0 Å². The van der Waals surface area contributed by atoms with Crippen molar-refractivity contribution >= 4 is 47.4 Å². The first kappa shape index (κ1) is 42.6. The van der Waals surface area contributed by atoms with Gasteiger partial charge in [-0.2, -0.15) is 0 Å². The van der Waals surface area contributed by atoms with Crippen LogP contribution in [0.2, 0.25) is 0 Å². The van der Waals surface area contributed by atoms with Gasteiger partial charge in [0.05, 0.1) is 24.7 Å². The Bertz CT molecular complexity index is 1140. The van der Waals surface area contributed by atoms with E-state index in [-0.39, 0.29) is 18.8 Å². The minimum Gasteiger partial charge on any atom is -0.481 e. The Morgan fingerprint density at radius 3 is 1.49 bits per heavy atom. The zero-order valence-electron chi connectivity index (χ0n) is 27.3. The van der Waals surface area contributed by atoms with Crippen LogP contribution in [-0.4, -0.2) is 116 Å². The molecule has 47 heavy (non-hydrogen) atoms. The summed E-state index contributed by atoms with van der Waals surface area (Å²) in [6.45, 7) is 8.80. The number of nitrogens with one attached hydrogen (secondary N) is 5. The van der Waals surface area contributed by atoms with Gasteiger partial charge in [0.1, 0.15) is 24.2 Å². The van der Waals surface area contributed by atoms with Crippen molar-refractivity contribution in [2.45, 2.75) is 116 Å². The van der Waals surface area contributed by atoms with E-state index in [1.807, 2.05) is 0 Å². The van der Waals surface area contributed by atoms with Gasteiger partial charge in [-0.1, -0.05) is 27.7 Å². The average molecular weight is 676 g/mol. The summed E-state index contributed by atoms with van der Waals surface area (Å²) in [6.07, 6.45) is -4.44. The molecule has 13 N–H and O–H groups in total. The predicted molar refractivity (Wildman–Crippen MR) is 164 cm³/mol. The van der Waals surface area contributed by atoms with Crippen LogP contribution in [0.4, 0.5) is 0 Å². The van der Waals surface area contributed by atoms with E-state index in [1.54, 1.807) is 13.8 Å². The molecule has 19 nitrogen and oxygen atoms in total. The lowest BCUT2D eigenvalue weighted by molar-refractivity contribution is -0.145. The highest BCUT2D eigenvalue weighted by Gasteiger charge is 2.36. The molecule has 0 unspecified atom stereocenters. The number of rotatable bonds is 21. The van der Waals surface area contributed by atoms with Gasteiger partial charge in [0.25, 0.3) is 0 Å². The molecule has 268 valence electrons. The van der Waals surface area contributed by atoms with Gasteiger partial charge >= 0.3 is 11.9 Å². The first-order valence-corrected chi connectivity index (χ1v) is 14.9. The molecule has 0 aromatic carbocycles. The molecule has 0 saturated heterocycles. The second kappa shape index (κ2) is 20.0. The minimum absolute atomic E-state index is 0.0198. The topological polar surface area (TPSA) is 330 Å². The Labute approximate surface area is 271 Å². The third-order valence-corrected chi connectivity index (χ3v) is 6.74. The first-order chi connectivity index (χ1) is 21.6. The maximum Gasteiger partial charge on any atom is 0.328 e. The van der Waals surface area contributed by atoms with E-state index in [0.29, 0.717) is 0 Å². The second-order valence-electron chi connectivity index (χ2n) is 12.0. The number of aliphatic hydroxyl groups is 2. The number of carbonyl (C=O) groups is 8. The number of aliphatic carboxylic acids is 2. The minimum atomic E-state index is -1.68. The Hall–Kier alpha value is -4.36.